The van der Waals surface area contributed by atoms with Crippen molar-refractivity contribution in [3.05, 3.63) is 60.3 Å². The number of carbonyl (C=O) groups is 1. The number of fused-ring (bicyclic) bond motifs is 1. The van der Waals surface area contributed by atoms with E-state index in [2.05, 4.69) is 20.6 Å². The number of aromatic nitrogens is 5. The number of halogens is 2. The number of hydrogen-bond donors (Lipinski definition) is 1. The molecule has 7 nitrogen and oxygen atoms in total. The van der Waals surface area contributed by atoms with E-state index in [9.17, 15) is 13.6 Å². The highest BCUT2D eigenvalue weighted by molar-refractivity contribution is 5.95. The minimum atomic E-state index is -0.587. The first-order chi connectivity index (χ1) is 13.0. The van der Waals surface area contributed by atoms with Crippen LogP contribution in [-0.2, 0) is 18.4 Å². The van der Waals surface area contributed by atoms with Crippen molar-refractivity contribution in [2.75, 3.05) is 5.32 Å². The fraction of sp³-hybridized carbons (Fsp3) is 0.111. The van der Waals surface area contributed by atoms with Crippen LogP contribution in [0.1, 0.15) is 0 Å². The molecular weight excluding hydrogens is 354 g/mol. The summed E-state index contributed by atoms with van der Waals surface area (Å²) in [6.07, 6.45) is 1.42. The lowest BCUT2D eigenvalue weighted by Gasteiger charge is -2.03. The molecule has 27 heavy (non-hydrogen) atoms. The van der Waals surface area contributed by atoms with Gasteiger partial charge in [0, 0.05) is 18.0 Å². The molecule has 0 spiro atoms. The van der Waals surface area contributed by atoms with E-state index in [0.29, 0.717) is 16.7 Å². The van der Waals surface area contributed by atoms with Crippen LogP contribution in [0.15, 0.2) is 48.7 Å². The van der Waals surface area contributed by atoms with Crippen molar-refractivity contribution in [3.63, 3.8) is 0 Å². The molecule has 0 aliphatic heterocycles. The average Bonchev–Trinajstić information content (AvgIpc) is 3.21. The number of para-hydroxylation sites is 1. The van der Waals surface area contributed by atoms with E-state index in [1.807, 2.05) is 0 Å². The Kier molecular flexibility index (Phi) is 4.11. The van der Waals surface area contributed by atoms with Gasteiger partial charge in [0.2, 0.25) is 5.91 Å². The van der Waals surface area contributed by atoms with E-state index >= 15 is 0 Å². The molecule has 0 fully saturated rings. The predicted octanol–water partition coefficient (Wildman–Crippen LogP) is 2.75. The molecule has 4 rings (SSSR count). The van der Waals surface area contributed by atoms with E-state index in [4.69, 9.17) is 0 Å². The summed E-state index contributed by atoms with van der Waals surface area (Å²) < 4.78 is 29.3. The maximum Gasteiger partial charge on any atom is 0.247 e. The smallest absolute Gasteiger partial charge is 0.247 e. The molecule has 1 amide bonds. The Labute approximate surface area is 152 Å². The fourth-order valence-electron chi connectivity index (χ4n) is 2.85. The van der Waals surface area contributed by atoms with Crippen LogP contribution in [0.25, 0.3) is 22.2 Å². The van der Waals surface area contributed by atoms with Crippen LogP contribution in [0.4, 0.5) is 14.6 Å². The summed E-state index contributed by atoms with van der Waals surface area (Å²) in [7, 11) is 1.64. The second kappa shape index (κ2) is 6.60. The van der Waals surface area contributed by atoms with E-state index in [0.717, 1.165) is 18.2 Å². The maximum atomic E-state index is 14.2. The van der Waals surface area contributed by atoms with Crippen LogP contribution in [0.3, 0.4) is 0 Å². The fourth-order valence-corrected chi connectivity index (χ4v) is 2.85. The summed E-state index contributed by atoms with van der Waals surface area (Å²) in [5.41, 5.74) is 0.944. The third-order valence-corrected chi connectivity index (χ3v) is 4.00. The lowest BCUT2D eigenvalue weighted by atomic mass is 10.1. The molecule has 2 heterocycles. The first-order valence-electron chi connectivity index (χ1n) is 8.08. The van der Waals surface area contributed by atoms with Crippen LogP contribution < -0.4 is 5.32 Å². The van der Waals surface area contributed by atoms with Crippen molar-refractivity contribution in [1.29, 1.82) is 0 Å². The topological polar surface area (TPSA) is 77.6 Å². The number of nitrogens with zero attached hydrogens (tertiary/aromatic N) is 5. The number of amides is 1. The number of benzene rings is 2. The zero-order valence-corrected chi connectivity index (χ0v) is 14.2. The number of nitrogens with one attached hydrogen (secondary N) is 1. The molecule has 0 saturated heterocycles. The van der Waals surface area contributed by atoms with E-state index in [1.165, 1.54) is 15.7 Å². The van der Waals surface area contributed by atoms with Crippen LogP contribution >= 0.6 is 0 Å². The minimum absolute atomic E-state index is 0.0410. The van der Waals surface area contributed by atoms with Gasteiger partial charge in [0.25, 0.3) is 0 Å². The zero-order chi connectivity index (χ0) is 19.0. The Morgan fingerprint density at radius 3 is 2.74 bits per heavy atom. The minimum Gasteiger partial charge on any atom is -0.306 e. The molecular formula is C18H14F2N6O. The van der Waals surface area contributed by atoms with Crippen molar-refractivity contribution in [2.24, 2.45) is 7.05 Å². The Hall–Kier alpha value is -3.62. The molecule has 0 aliphatic rings. The van der Waals surface area contributed by atoms with Gasteiger partial charge >= 0.3 is 0 Å². The maximum absolute atomic E-state index is 14.2. The van der Waals surface area contributed by atoms with Crippen LogP contribution in [0, 0.1) is 11.6 Å². The Bertz CT molecular complexity index is 1150. The third-order valence-electron chi connectivity index (χ3n) is 4.00. The summed E-state index contributed by atoms with van der Waals surface area (Å²) >= 11 is 0. The third kappa shape index (κ3) is 3.26. The average molecular weight is 368 g/mol. The predicted molar refractivity (Wildman–Crippen MR) is 94.7 cm³/mol. The van der Waals surface area contributed by atoms with Crippen LogP contribution in [-0.4, -0.2) is 30.7 Å². The monoisotopic (exact) mass is 368 g/mol. The molecule has 0 saturated carbocycles. The lowest BCUT2D eigenvalue weighted by Crippen LogP contribution is -2.19. The van der Waals surface area contributed by atoms with Crippen molar-refractivity contribution in [2.45, 2.75) is 6.54 Å². The summed E-state index contributed by atoms with van der Waals surface area (Å²) in [6.45, 7) is -0.117. The number of hydrogen-bond acceptors (Lipinski definition) is 4. The van der Waals surface area contributed by atoms with Gasteiger partial charge in [-0.3, -0.25) is 9.48 Å². The zero-order valence-electron chi connectivity index (χ0n) is 14.2. The highest BCUT2D eigenvalue weighted by atomic mass is 19.1. The molecule has 0 atom stereocenters. The Morgan fingerprint density at radius 1 is 1.15 bits per heavy atom. The number of carbonyl (C=O) groups excluding carboxylic acids is 1. The van der Waals surface area contributed by atoms with Gasteiger partial charge in [0.1, 0.15) is 23.9 Å². The van der Waals surface area contributed by atoms with Crippen LogP contribution in [0.2, 0.25) is 0 Å². The lowest BCUT2D eigenvalue weighted by molar-refractivity contribution is -0.116. The quantitative estimate of drug-likeness (QED) is 0.601. The highest BCUT2D eigenvalue weighted by Crippen LogP contribution is 2.30. The summed E-state index contributed by atoms with van der Waals surface area (Å²) in [5, 5.41) is 15.5. The van der Waals surface area contributed by atoms with Gasteiger partial charge in [-0.1, -0.05) is 18.2 Å². The van der Waals surface area contributed by atoms with Gasteiger partial charge in [-0.25, -0.2) is 8.78 Å². The molecule has 4 aromatic rings. The van der Waals surface area contributed by atoms with E-state index in [1.54, 1.807) is 31.3 Å². The van der Waals surface area contributed by atoms with Crippen molar-refractivity contribution in [1.82, 2.24) is 24.8 Å². The summed E-state index contributed by atoms with van der Waals surface area (Å²) in [4.78, 5) is 13.6. The Balaban J connectivity index is 1.71. The van der Waals surface area contributed by atoms with Crippen molar-refractivity contribution >= 4 is 22.6 Å². The molecule has 2 aromatic heterocycles. The van der Waals surface area contributed by atoms with Gasteiger partial charge in [-0.05, 0) is 24.3 Å². The van der Waals surface area contributed by atoms with Gasteiger partial charge in [0.05, 0.1) is 11.7 Å². The molecule has 0 unspecified atom stereocenters. The van der Waals surface area contributed by atoms with E-state index in [-0.39, 0.29) is 23.7 Å². The molecule has 0 bridgehead atoms. The molecule has 9 heteroatoms. The van der Waals surface area contributed by atoms with E-state index < -0.39 is 11.6 Å². The van der Waals surface area contributed by atoms with Gasteiger partial charge in [0.15, 0.2) is 5.82 Å². The second-order valence-corrected chi connectivity index (χ2v) is 5.92. The first kappa shape index (κ1) is 16.8. The first-order valence-corrected chi connectivity index (χ1v) is 8.08. The van der Waals surface area contributed by atoms with Gasteiger partial charge in [-0.15, -0.1) is 5.10 Å². The number of anilines is 1. The Morgan fingerprint density at radius 2 is 1.96 bits per heavy atom. The largest absolute Gasteiger partial charge is 0.306 e. The highest BCUT2D eigenvalue weighted by Gasteiger charge is 2.17. The van der Waals surface area contributed by atoms with Gasteiger partial charge < -0.3 is 5.32 Å². The molecule has 1 N–H and O–H groups in total. The molecule has 0 aliphatic carbocycles. The molecule has 2 aromatic carbocycles. The van der Waals surface area contributed by atoms with Crippen LogP contribution in [0.5, 0.6) is 0 Å². The summed E-state index contributed by atoms with van der Waals surface area (Å²) in [5.74, 6) is -1.20. The number of aryl methyl sites for hydroxylation is 1. The van der Waals surface area contributed by atoms with Gasteiger partial charge in [-0.2, -0.15) is 15.0 Å². The summed E-state index contributed by atoms with van der Waals surface area (Å²) in [6, 6.07) is 10.3. The normalized spacial score (nSPS) is 11.1. The molecule has 0 radical (unpaired) electrons. The standard InChI is InChI=1S/C18H14F2N6O/c1-25-21-9-16(23-25)22-17(27)10-26-15-5-3-2-4-12(15)18(24-26)13-8-11(19)6-7-14(13)20/h2-9H,10H2,1H3,(H,22,23,27). The molecule has 136 valence electrons. The van der Waals surface area contributed by atoms with Crippen molar-refractivity contribution < 1.29 is 13.6 Å². The number of rotatable bonds is 4. The van der Waals surface area contributed by atoms with Crippen molar-refractivity contribution in [3.8, 4) is 11.3 Å². The SMILES string of the molecule is Cn1ncc(NC(=O)Cn2nc(-c3cc(F)ccc3F)c3ccccc32)n1. The second-order valence-electron chi connectivity index (χ2n) is 5.92.